The van der Waals surface area contributed by atoms with Gasteiger partial charge in [-0.1, -0.05) is 0 Å². The van der Waals surface area contributed by atoms with Crippen molar-refractivity contribution in [2.24, 2.45) is 0 Å². The molecule has 0 fully saturated rings. The first-order valence-electron chi connectivity index (χ1n) is 4.40. The Morgan fingerprint density at radius 1 is 1.50 bits per heavy atom. The van der Waals surface area contributed by atoms with Gasteiger partial charge in [0.2, 0.25) is 0 Å². The van der Waals surface area contributed by atoms with Crippen LogP contribution >= 0.6 is 0 Å². The van der Waals surface area contributed by atoms with Gasteiger partial charge in [-0.2, -0.15) is 0 Å². The molecule has 0 spiro atoms. The molecule has 0 unspecified atom stereocenters. The maximum Gasteiger partial charge on any atom is 0.134 e. The average Bonchev–Trinajstić information content (AvgIpc) is 2.11. The monoisotopic (exact) mass is 194 g/mol. The summed E-state index contributed by atoms with van der Waals surface area (Å²) in [4.78, 5) is 10.9. The van der Waals surface area contributed by atoms with E-state index in [0.717, 1.165) is 5.56 Å². The minimum absolute atomic E-state index is 0.0213. The normalized spacial score (nSPS) is 9.93. The van der Waals surface area contributed by atoms with Crippen molar-refractivity contribution in [2.45, 2.75) is 20.3 Å². The minimum Gasteiger partial charge on any atom is -0.507 e. The molecule has 14 heavy (non-hydrogen) atoms. The third kappa shape index (κ3) is 2.25. The first kappa shape index (κ1) is 10.6. The number of phenolic OH excluding ortho intramolecular Hbond substituents is 1. The van der Waals surface area contributed by atoms with Crippen LogP contribution in [0.4, 0.5) is 0 Å². The number of aromatic hydroxyl groups is 1. The van der Waals surface area contributed by atoms with Gasteiger partial charge < -0.3 is 9.84 Å². The Kier molecular flexibility index (Phi) is 3.12. The highest BCUT2D eigenvalue weighted by molar-refractivity contribution is 5.79. The molecule has 1 aromatic rings. The average molecular weight is 194 g/mol. The van der Waals surface area contributed by atoms with Crippen molar-refractivity contribution in [3.8, 4) is 11.5 Å². The fourth-order valence-electron chi connectivity index (χ4n) is 1.34. The molecule has 3 heteroatoms. The number of Topliss-reactive ketones (excluding diaryl/α,β-unsaturated/α-hetero) is 1. The molecule has 0 bridgehead atoms. The van der Waals surface area contributed by atoms with E-state index in [1.54, 1.807) is 26.2 Å². The Bertz CT molecular complexity index is 356. The number of carbonyl (C=O) groups is 1. The molecule has 76 valence electrons. The van der Waals surface area contributed by atoms with Crippen LogP contribution in [0.25, 0.3) is 0 Å². The molecule has 1 rings (SSSR count). The van der Waals surface area contributed by atoms with Gasteiger partial charge in [0, 0.05) is 12.0 Å². The predicted octanol–water partition coefficient (Wildman–Crippen LogP) is 1.84. The zero-order chi connectivity index (χ0) is 10.7. The lowest BCUT2D eigenvalue weighted by molar-refractivity contribution is -0.116. The van der Waals surface area contributed by atoms with Crippen molar-refractivity contribution in [3.63, 3.8) is 0 Å². The number of carbonyl (C=O) groups excluding carboxylic acids is 1. The van der Waals surface area contributed by atoms with Crippen LogP contribution in [0, 0.1) is 6.92 Å². The maximum atomic E-state index is 10.9. The summed E-state index contributed by atoms with van der Waals surface area (Å²) in [6, 6.07) is 3.42. The molecule has 0 saturated heterocycles. The molecule has 0 atom stereocenters. The molecule has 1 aromatic carbocycles. The summed E-state index contributed by atoms with van der Waals surface area (Å²) >= 11 is 0. The Balaban J connectivity index is 3.13. The highest BCUT2D eigenvalue weighted by Gasteiger charge is 2.09. The van der Waals surface area contributed by atoms with Crippen molar-refractivity contribution < 1.29 is 14.6 Å². The second-order valence-electron chi connectivity index (χ2n) is 3.33. The highest BCUT2D eigenvalue weighted by atomic mass is 16.5. The van der Waals surface area contributed by atoms with Crippen molar-refractivity contribution >= 4 is 5.78 Å². The van der Waals surface area contributed by atoms with Gasteiger partial charge in [0.25, 0.3) is 0 Å². The molecule has 0 amide bonds. The summed E-state index contributed by atoms with van der Waals surface area (Å²) in [7, 11) is 1.56. The molecule has 0 aromatic heterocycles. The van der Waals surface area contributed by atoms with Crippen molar-refractivity contribution in [1.82, 2.24) is 0 Å². The quantitative estimate of drug-likeness (QED) is 0.798. The molecule has 0 aliphatic heterocycles. The van der Waals surface area contributed by atoms with Crippen LogP contribution in [0.3, 0.4) is 0 Å². The fourth-order valence-corrected chi connectivity index (χ4v) is 1.34. The van der Waals surface area contributed by atoms with Gasteiger partial charge >= 0.3 is 0 Å². The van der Waals surface area contributed by atoms with Crippen molar-refractivity contribution in [1.29, 1.82) is 0 Å². The van der Waals surface area contributed by atoms with E-state index in [1.165, 1.54) is 6.92 Å². The zero-order valence-corrected chi connectivity index (χ0v) is 8.63. The van der Waals surface area contributed by atoms with Crippen LogP contribution in [-0.2, 0) is 11.2 Å². The van der Waals surface area contributed by atoms with E-state index < -0.39 is 0 Å². The number of methoxy groups -OCH3 is 1. The van der Waals surface area contributed by atoms with Crippen LogP contribution < -0.4 is 4.74 Å². The summed E-state index contributed by atoms with van der Waals surface area (Å²) in [6.07, 6.45) is 0.240. The highest BCUT2D eigenvalue weighted by Crippen LogP contribution is 2.28. The number of phenols is 1. The Hall–Kier alpha value is -1.51. The zero-order valence-electron chi connectivity index (χ0n) is 8.63. The molecule has 0 aliphatic carbocycles. The van der Waals surface area contributed by atoms with Crippen molar-refractivity contribution in [2.75, 3.05) is 7.11 Å². The number of ketones is 1. The van der Waals surface area contributed by atoms with E-state index >= 15 is 0 Å². The van der Waals surface area contributed by atoms with Gasteiger partial charge in [-0.15, -0.1) is 0 Å². The maximum absolute atomic E-state index is 10.9. The summed E-state index contributed by atoms with van der Waals surface area (Å²) in [5, 5.41) is 9.66. The molecule has 0 radical (unpaired) electrons. The molecule has 3 nitrogen and oxygen atoms in total. The largest absolute Gasteiger partial charge is 0.507 e. The minimum atomic E-state index is 0.0213. The number of ether oxygens (including phenoxy) is 1. The van der Waals surface area contributed by atoms with Crippen molar-refractivity contribution in [3.05, 3.63) is 23.3 Å². The lowest BCUT2D eigenvalue weighted by Gasteiger charge is -2.08. The van der Waals surface area contributed by atoms with Gasteiger partial charge in [-0.3, -0.25) is 4.79 Å². The number of benzene rings is 1. The predicted molar refractivity (Wildman–Crippen MR) is 53.8 cm³/mol. The van der Waals surface area contributed by atoms with Gasteiger partial charge in [0.1, 0.15) is 17.3 Å². The second kappa shape index (κ2) is 4.13. The van der Waals surface area contributed by atoms with E-state index in [2.05, 4.69) is 0 Å². The topological polar surface area (TPSA) is 46.5 Å². The Morgan fingerprint density at radius 3 is 2.64 bits per heavy atom. The molecule has 1 N–H and O–H groups in total. The van der Waals surface area contributed by atoms with Gasteiger partial charge in [0.05, 0.1) is 7.11 Å². The molecular weight excluding hydrogens is 180 g/mol. The number of aryl methyl sites for hydroxylation is 1. The van der Waals surface area contributed by atoms with Crippen LogP contribution in [0.2, 0.25) is 0 Å². The van der Waals surface area contributed by atoms with Gasteiger partial charge in [-0.05, 0) is 31.5 Å². The Labute approximate surface area is 83.3 Å². The van der Waals surface area contributed by atoms with Crippen LogP contribution in [0.1, 0.15) is 18.1 Å². The summed E-state index contributed by atoms with van der Waals surface area (Å²) < 4.78 is 5.05. The van der Waals surface area contributed by atoms with E-state index in [0.29, 0.717) is 11.3 Å². The van der Waals surface area contributed by atoms with Gasteiger partial charge in [0.15, 0.2) is 0 Å². The summed E-state index contributed by atoms with van der Waals surface area (Å²) in [5.74, 6) is 0.866. The van der Waals surface area contributed by atoms with Crippen LogP contribution in [0.15, 0.2) is 12.1 Å². The smallest absolute Gasteiger partial charge is 0.134 e. The first-order valence-corrected chi connectivity index (χ1v) is 4.40. The molecule has 0 aliphatic rings. The molecule has 0 saturated carbocycles. The third-order valence-electron chi connectivity index (χ3n) is 2.03. The third-order valence-corrected chi connectivity index (χ3v) is 2.03. The van der Waals surface area contributed by atoms with E-state index in [9.17, 15) is 9.90 Å². The number of rotatable bonds is 3. The molecular formula is C11H14O3. The van der Waals surface area contributed by atoms with E-state index in [-0.39, 0.29) is 18.0 Å². The van der Waals surface area contributed by atoms with Gasteiger partial charge in [-0.25, -0.2) is 0 Å². The van der Waals surface area contributed by atoms with Crippen LogP contribution in [-0.4, -0.2) is 18.0 Å². The molecule has 0 heterocycles. The summed E-state index contributed by atoms with van der Waals surface area (Å²) in [6.45, 7) is 3.27. The summed E-state index contributed by atoms with van der Waals surface area (Å²) in [5.41, 5.74) is 1.34. The van der Waals surface area contributed by atoms with Crippen LogP contribution in [0.5, 0.6) is 11.5 Å². The Morgan fingerprint density at radius 2 is 2.14 bits per heavy atom. The van der Waals surface area contributed by atoms with E-state index in [1.807, 2.05) is 0 Å². The first-order chi connectivity index (χ1) is 6.54. The number of hydrogen-bond donors (Lipinski definition) is 1. The SMILES string of the molecule is COc1cc(C)c(O)c(CC(C)=O)c1. The lowest BCUT2D eigenvalue weighted by atomic mass is 10.0. The fraction of sp³-hybridized carbons (Fsp3) is 0.364. The second-order valence-corrected chi connectivity index (χ2v) is 3.33. The lowest BCUT2D eigenvalue weighted by Crippen LogP contribution is -1.98. The van der Waals surface area contributed by atoms with E-state index in [4.69, 9.17) is 4.74 Å². The standard InChI is InChI=1S/C11H14O3/c1-7-4-10(14-3)6-9(11(7)13)5-8(2)12/h4,6,13H,5H2,1-3H3. The number of hydrogen-bond acceptors (Lipinski definition) is 3.